The molecule has 5 heteroatoms. The molecule has 0 saturated heterocycles. The molecule has 2 aliphatic rings. The maximum atomic E-state index is 11.2. The van der Waals surface area contributed by atoms with Crippen molar-refractivity contribution in [2.45, 2.75) is 51.2 Å². The zero-order chi connectivity index (χ0) is 18.3. The smallest absolute Gasteiger partial charge is 0.129 e. The summed E-state index contributed by atoms with van der Waals surface area (Å²) in [7, 11) is 0. The highest BCUT2D eigenvalue weighted by atomic mass is 16.5. The molecule has 1 N–H and O–H groups in total. The summed E-state index contributed by atoms with van der Waals surface area (Å²) in [5.41, 5.74) is 4.11. The summed E-state index contributed by atoms with van der Waals surface area (Å²) in [6, 6.07) is 9.47. The fraction of sp³-hybridized carbons (Fsp3) is 0.429. The molecule has 0 bridgehead atoms. The highest BCUT2D eigenvalue weighted by Crippen LogP contribution is 2.44. The Bertz CT molecular complexity index is 859. The number of nitroso groups, excluding NO2 is 1. The second kappa shape index (κ2) is 6.40. The molecule has 2 aromatic carbocycles. The van der Waals surface area contributed by atoms with Crippen LogP contribution in [0, 0.1) is 4.91 Å². The van der Waals surface area contributed by atoms with E-state index in [-0.39, 0.29) is 18.1 Å². The van der Waals surface area contributed by atoms with Gasteiger partial charge in [0.15, 0.2) is 0 Å². The Hall–Kier alpha value is -2.40. The third kappa shape index (κ3) is 2.97. The predicted octanol–water partition coefficient (Wildman–Crippen LogP) is 4.40. The lowest BCUT2D eigenvalue weighted by Crippen LogP contribution is -2.33. The monoisotopic (exact) mass is 353 g/mol. The molecule has 0 aliphatic carbocycles. The van der Waals surface area contributed by atoms with Gasteiger partial charge in [-0.25, -0.2) is 0 Å². The summed E-state index contributed by atoms with van der Waals surface area (Å²) in [6.07, 6.45) is 2.71. The van der Waals surface area contributed by atoms with Gasteiger partial charge in [-0.3, -0.25) is 0 Å². The van der Waals surface area contributed by atoms with Crippen LogP contribution < -0.4 is 9.47 Å². The normalized spacial score (nSPS) is 20.3. The van der Waals surface area contributed by atoms with E-state index in [0.29, 0.717) is 17.9 Å². The number of rotatable bonds is 3. The quantitative estimate of drug-likeness (QED) is 0.831. The molecule has 0 aromatic heterocycles. The van der Waals surface area contributed by atoms with Crippen LogP contribution in [0.15, 0.2) is 35.5 Å². The second-order valence-corrected chi connectivity index (χ2v) is 7.75. The Kier molecular flexibility index (Phi) is 4.19. The van der Waals surface area contributed by atoms with Gasteiger partial charge in [-0.15, -0.1) is 4.91 Å². The van der Waals surface area contributed by atoms with Crippen molar-refractivity contribution in [3.05, 3.63) is 57.5 Å². The molecule has 26 heavy (non-hydrogen) atoms. The van der Waals surface area contributed by atoms with E-state index in [1.54, 1.807) is 6.07 Å². The van der Waals surface area contributed by atoms with Crippen LogP contribution >= 0.6 is 0 Å². The highest BCUT2D eigenvalue weighted by Gasteiger charge is 2.32. The average molecular weight is 353 g/mol. The van der Waals surface area contributed by atoms with Crippen molar-refractivity contribution in [1.29, 1.82) is 0 Å². The van der Waals surface area contributed by atoms with E-state index in [0.717, 1.165) is 47.5 Å². The maximum Gasteiger partial charge on any atom is 0.129 e. The zero-order valence-electron chi connectivity index (χ0n) is 15.1. The van der Waals surface area contributed by atoms with E-state index < -0.39 is 0 Å². The molecular weight excluding hydrogens is 330 g/mol. The first-order valence-corrected chi connectivity index (χ1v) is 9.04. The maximum absolute atomic E-state index is 11.2. The van der Waals surface area contributed by atoms with Gasteiger partial charge in [-0.2, -0.15) is 0 Å². The first-order chi connectivity index (χ1) is 12.5. The first-order valence-electron chi connectivity index (χ1n) is 9.04. The van der Waals surface area contributed by atoms with Crippen LogP contribution in [0.5, 0.6) is 11.5 Å². The Morgan fingerprint density at radius 3 is 2.88 bits per heavy atom. The molecule has 2 aliphatic heterocycles. The molecule has 4 rings (SSSR count). The lowest BCUT2D eigenvalue weighted by molar-refractivity contribution is 0.0827. The SMILES string of the molecule is CC1(C)CCc2c(ccc3c2OCC(c2ccc(CO)cc2N=O)C3)O1. The van der Waals surface area contributed by atoms with Crippen LogP contribution in [0.3, 0.4) is 0 Å². The summed E-state index contributed by atoms with van der Waals surface area (Å²) >= 11 is 0. The minimum atomic E-state index is -0.141. The lowest BCUT2D eigenvalue weighted by atomic mass is 9.86. The lowest BCUT2D eigenvalue weighted by Gasteiger charge is -2.35. The van der Waals surface area contributed by atoms with Gasteiger partial charge in [0, 0.05) is 11.5 Å². The Morgan fingerprint density at radius 1 is 1.27 bits per heavy atom. The third-order valence-corrected chi connectivity index (χ3v) is 5.37. The van der Waals surface area contributed by atoms with Gasteiger partial charge in [0.05, 0.1) is 13.2 Å². The number of aliphatic hydroxyl groups excluding tert-OH is 1. The number of aliphatic hydroxyl groups is 1. The summed E-state index contributed by atoms with van der Waals surface area (Å²) in [4.78, 5) is 11.2. The Labute approximate surface area is 152 Å². The van der Waals surface area contributed by atoms with Gasteiger partial charge < -0.3 is 14.6 Å². The van der Waals surface area contributed by atoms with Crippen molar-refractivity contribution in [3.63, 3.8) is 0 Å². The molecule has 0 radical (unpaired) electrons. The zero-order valence-corrected chi connectivity index (χ0v) is 15.1. The molecule has 1 atom stereocenters. The van der Waals surface area contributed by atoms with Crippen LogP contribution in [0.4, 0.5) is 5.69 Å². The predicted molar refractivity (Wildman–Crippen MR) is 99.2 cm³/mol. The molecule has 1 unspecified atom stereocenters. The summed E-state index contributed by atoms with van der Waals surface area (Å²) in [5, 5.41) is 12.4. The molecule has 0 spiro atoms. The van der Waals surface area contributed by atoms with Crippen LogP contribution in [0.1, 0.15) is 48.4 Å². The largest absolute Gasteiger partial charge is 0.492 e. The van der Waals surface area contributed by atoms with Gasteiger partial charge >= 0.3 is 0 Å². The fourth-order valence-corrected chi connectivity index (χ4v) is 3.93. The summed E-state index contributed by atoms with van der Waals surface area (Å²) in [6.45, 7) is 4.62. The van der Waals surface area contributed by atoms with E-state index in [4.69, 9.17) is 9.47 Å². The molecule has 0 fully saturated rings. The number of hydrogen-bond acceptors (Lipinski definition) is 5. The van der Waals surface area contributed by atoms with E-state index >= 15 is 0 Å². The van der Waals surface area contributed by atoms with E-state index in [2.05, 4.69) is 25.1 Å². The van der Waals surface area contributed by atoms with Gasteiger partial charge in [0.25, 0.3) is 0 Å². The van der Waals surface area contributed by atoms with Crippen molar-refractivity contribution in [3.8, 4) is 11.5 Å². The van der Waals surface area contributed by atoms with Gasteiger partial charge in [-0.05, 0) is 67.1 Å². The third-order valence-electron chi connectivity index (χ3n) is 5.37. The number of ether oxygens (including phenoxy) is 2. The van der Waals surface area contributed by atoms with Gasteiger partial charge in [0.1, 0.15) is 22.8 Å². The number of benzene rings is 2. The number of nitrogens with zero attached hydrogens (tertiary/aromatic N) is 1. The van der Waals surface area contributed by atoms with Crippen molar-refractivity contribution in [2.24, 2.45) is 5.18 Å². The molecular formula is C21H23NO4. The molecule has 0 amide bonds. The molecule has 136 valence electrons. The molecule has 0 saturated carbocycles. The molecule has 2 aromatic rings. The fourth-order valence-electron chi connectivity index (χ4n) is 3.93. The Balaban J connectivity index is 1.65. The minimum Gasteiger partial charge on any atom is -0.492 e. The van der Waals surface area contributed by atoms with Crippen LogP contribution in [0.2, 0.25) is 0 Å². The summed E-state index contributed by atoms with van der Waals surface area (Å²) in [5.74, 6) is 1.93. The van der Waals surface area contributed by atoms with Crippen molar-refractivity contribution in [2.75, 3.05) is 6.61 Å². The van der Waals surface area contributed by atoms with Crippen molar-refractivity contribution >= 4 is 5.69 Å². The standard InChI is InChI=1S/C21H23NO4/c1-21(2)8-7-17-19(26-21)6-4-14-10-15(12-25-20(14)17)16-5-3-13(11-23)9-18(16)22-24/h3-6,9,15,23H,7-8,10-12H2,1-2H3. The van der Waals surface area contributed by atoms with E-state index in [1.165, 1.54) is 0 Å². The highest BCUT2D eigenvalue weighted by molar-refractivity contribution is 5.55. The Morgan fingerprint density at radius 2 is 2.12 bits per heavy atom. The van der Waals surface area contributed by atoms with Crippen molar-refractivity contribution < 1.29 is 14.6 Å². The average Bonchev–Trinajstić information content (AvgIpc) is 2.65. The van der Waals surface area contributed by atoms with E-state index in [1.807, 2.05) is 18.2 Å². The second-order valence-electron chi connectivity index (χ2n) is 7.75. The minimum absolute atomic E-state index is 0.0712. The van der Waals surface area contributed by atoms with Crippen LogP contribution in [0.25, 0.3) is 0 Å². The number of hydrogen-bond donors (Lipinski definition) is 1. The number of fused-ring (bicyclic) bond motifs is 3. The van der Waals surface area contributed by atoms with Crippen LogP contribution in [-0.4, -0.2) is 17.3 Å². The summed E-state index contributed by atoms with van der Waals surface area (Å²) < 4.78 is 12.2. The van der Waals surface area contributed by atoms with Crippen LogP contribution in [-0.2, 0) is 19.4 Å². The topological polar surface area (TPSA) is 68.1 Å². The first kappa shape index (κ1) is 17.0. The van der Waals surface area contributed by atoms with Gasteiger partial charge in [-0.1, -0.05) is 18.2 Å². The molecule has 5 nitrogen and oxygen atoms in total. The van der Waals surface area contributed by atoms with E-state index in [9.17, 15) is 10.0 Å². The molecule has 2 heterocycles. The van der Waals surface area contributed by atoms with Crippen molar-refractivity contribution in [1.82, 2.24) is 0 Å². The van der Waals surface area contributed by atoms with Gasteiger partial charge in [0.2, 0.25) is 0 Å².